The first-order valence-electron chi connectivity index (χ1n) is 18.8. The number of aryl methyl sites for hydroxylation is 2. The summed E-state index contributed by atoms with van der Waals surface area (Å²) in [4.78, 5) is 4.75. The molecule has 0 radical (unpaired) electrons. The summed E-state index contributed by atoms with van der Waals surface area (Å²) in [7, 11) is 0. The summed E-state index contributed by atoms with van der Waals surface area (Å²) in [5.74, 6) is 3.27. The molecular formula is C49H42N4OPt. The maximum atomic E-state index is 6.67. The summed E-state index contributed by atoms with van der Waals surface area (Å²) >= 11 is 0. The van der Waals surface area contributed by atoms with Crippen LogP contribution in [0.2, 0.25) is 0 Å². The van der Waals surface area contributed by atoms with Crippen LogP contribution in [0.3, 0.4) is 0 Å². The summed E-state index contributed by atoms with van der Waals surface area (Å²) in [6.45, 7) is 11.2. The molecule has 1 aliphatic carbocycles. The number of benzene rings is 5. The number of pyridine rings is 1. The first kappa shape index (κ1) is 36.5. The summed E-state index contributed by atoms with van der Waals surface area (Å²) in [6.07, 6.45) is 5.44. The van der Waals surface area contributed by atoms with Crippen LogP contribution >= 0.6 is 0 Å². The van der Waals surface area contributed by atoms with Crippen molar-refractivity contribution >= 4 is 21.8 Å². The first-order valence-corrected chi connectivity index (χ1v) is 18.8. The molecule has 5 nitrogen and oxygen atoms in total. The van der Waals surface area contributed by atoms with Crippen molar-refractivity contribution in [3.63, 3.8) is 0 Å². The van der Waals surface area contributed by atoms with Gasteiger partial charge in [0.2, 0.25) is 0 Å². The normalized spacial score (nSPS) is 16.9. The summed E-state index contributed by atoms with van der Waals surface area (Å²) in [6, 6.07) is 49.4. The largest absolute Gasteiger partial charge is 2.00 e. The molecule has 0 saturated heterocycles. The van der Waals surface area contributed by atoms with Crippen LogP contribution in [0.25, 0.3) is 55.8 Å². The SMILES string of the molecule is CC1=C[C@H](C)C[C@H](C)C1c1c(-c2ccccc2)nn(-c2[c-]c(Oc3[c-]c4c(cc3)c3ccccc3n4-c3cc(C)ccn3)cc(C)c2)c1-c1ccccc1.[Pt+2]. The van der Waals surface area contributed by atoms with Crippen molar-refractivity contribution < 1.29 is 25.8 Å². The molecule has 0 saturated carbocycles. The summed E-state index contributed by atoms with van der Waals surface area (Å²) < 4.78 is 10.9. The second-order valence-corrected chi connectivity index (χ2v) is 15.0. The topological polar surface area (TPSA) is 44.9 Å². The zero-order chi connectivity index (χ0) is 36.9. The fourth-order valence-electron chi connectivity index (χ4n) is 8.65. The fraction of sp³-hybridized carbons (Fsp3) is 0.184. The Morgan fingerprint density at radius 2 is 1.44 bits per heavy atom. The second kappa shape index (κ2) is 15.0. The van der Waals surface area contributed by atoms with Gasteiger partial charge in [-0.05, 0) is 66.9 Å². The van der Waals surface area contributed by atoms with E-state index in [0.29, 0.717) is 23.3 Å². The molecule has 3 atom stereocenters. The van der Waals surface area contributed by atoms with Gasteiger partial charge >= 0.3 is 21.1 Å². The number of fused-ring (bicyclic) bond motifs is 3. The van der Waals surface area contributed by atoms with E-state index in [4.69, 9.17) is 14.8 Å². The van der Waals surface area contributed by atoms with Gasteiger partial charge in [-0.25, -0.2) is 4.98 Å². The third-order valence-corrected chi connectivity index (χ3v) is 10.8. The zero-order valence-corrected chi connectivity index (χ0v) is 33.9. The van der Waals surface area contributed by atoms with E-state index in [0.717, 1.165) is 73.4 Å². The minimum absolute atomic E-state index is 0. The van der Waals surface area contributed by atoms with Crippen LogP contribution in [-0.4, -0.2) is 19.3 Å². The van der Waals surface area contributed by atoms with E-state index >= 15 is 0 Å². The molecule has 3 heterocycles. The number of ether oxygens (including phenoxy) is 1. The third-order valence-electron chi connectivity index (χ3n) is 10.8. The van der Waals surface area contributed by atoms with Crippen LogP contribution in [0, 0.1) is 37.8 Å². The van der Waals surface area contributed by atoms with Gasteiger partial charge in [0, 0.05) is 45.8 Å². The van der Waals surface area contributed by atoms with Gasteiger partial charge in [0.1, 0.15) is 5.82 Å². The van der Waals surface area contributed by atoms with Crippen LogP contribution in [0.5, 0.6) is 11.5 Å². The molecular weight excluding hydrogens is 856 g/mol. The van der Waals surface area contributed by atoms with Gasteiger partial charge in [0.15, 0.2) is 0 Å². The Hall–Kier alpha value is -5.51. The van der Waals surface area contributed by atoms with Gasteiger partial charge in [-0.1, -0.05) is 117 Å². The van der Waals surface area contributed by atoms with E-state index in [1.165, 1.54) is 11.1 Å². The van der Waals surface area contributed by atoms with E-state index < -0.39 is 0 Å². The van der Waals surface area contributed by atoms with Crippen molar-refractivity contribution in [3.8, 4) is 45.5 Å². The molecule has 1 unspecified atom stereocenters. The number of hydrogen-bond acceptors (Lipinski definition) is 3. The molecule has 0 spiro atoms. The molecule has 274 valence electrons. The van der Waals surface area contributed by atoms with Crippen molar-refractivity contribution in [2.45, 2.75) is 47.0 Å². The molecule has 0 fully saturated rings. The van der Waals surface area contributed by atoms with Crippen LogP contribution in [0.1, 0.15) is 49.8 Å². The quantitative estimate of drug-likeness (QED) is 0.118. The van der Waals surface area contributed by atoms with Crippen LogP contribution in [0.4, 0.5) is 0 Å². The molecule has 0 aliphatic heterocycles. The molecule has 8 aromatic rings. The average Bonchev–Trinajstić information content (AvgIpc) is 3.71. The maximum Gasteiger partial charge on any atom is 2.00 e. The number of para-hydroxylation sites is 1. The summed E-state index contributed by atoms with van der Waals surface area (Å²) in [5.41, 5.74) is 12.0. The monoisotopic (exact) mass is 897 g/mol. The molecule has 9 rings (SSSR count). The standard InChI is InChI=1S/C49H42N4O.Pt/c1-31-22-23-50-45(28-31)52-43-19-13-12-18-41(43)42-21-20-39(30-44(42)52)54-40-27-33(3)26-38(29-40)53-49(37-16-10-7-11-17-37)47(46-34(4)24-32(2)25-35(46)5)48(51-53)36-14-8-6-9-15-36;/h6-24,26-28,32,35,46H,25H2,1-5H3;/q-2;+2/t32-,35-,46?;/m0./s1. The van der Waals surface area contributed by atoms with Gasteiger partial charge in [0.25, 0.3) is 0 Å². The van der Waals surface area contributed by atoms with Gasteiger partial charge in [-0.2, -0.15) is 16.7 Å². The van der Waals surface area contributed by atoms with Crippen LogP contribution in [0.15, 0.2) is 139 Å². The smallest absolute Gasteiger partial charge is 0.509 e. The van der Waals surface area contributed by atoms with E-state index in [1.54, 1.807) is 0 Å². The molecule has 5 aromatic carbocycles. The van der Waals surface area contributed by atoms with Crippen LogP contribution in [-0.2, 0) is 21.1 Å². The van der Waals surface area contributed by atoms with Crippen molar-refractivity contribution in [3.05, 3.63) is 168 Å². The van der Waals surface area contributed by atoms with E-state index in [-0.39, 0.29) is 27.0 Å². The maximum absolute atomic E-state index is 6.67. The van der Waals surface area contributed by atoms with E-state index in [9.17, 15) is 0 Å². The Balaban J connectivity index is 0.00000427. The minimum atomic E-state index is 0. The number of nitrogens with zero attached hydrogens (tertiary/aromatic N) is 4. The molecule has 55 heavy (non-hydrogen) atoms. The van der Waals surface area contributed by atoms with E-state index in [1.807, 2.05) is 24.4 Å². The van der Waals surface area contributed by atoms with Gasteiger partial charge in [-0.15, -0.1) is 35.7 Å². The van der Waals surface area contributed by atoms with E-state index in [2.05, 4.69) is 165 Å². The fourth-order valence-corrected chi connectivity index (χ4v) is 8.65. The van der Waals surface area contributed by atoms with Gasteiger partial charge in [0.05, 0.1) is 11.4 Å². The third kappa shape index (κ3) is 6.76. The molecule has 0 bridgehead atoms. The predicted molar refractivity (Wildman–Crippen MR) is 220 cm³/mol. The molecule has 6 heteroatoms. The summed E-state index contributed by atoms with van der Waals surface area (Å²) in [5, 5.41) is 7.72. The Kier molecular flexibility index (Phi) is 9.92. The number of aromatic nitrogens is 4. The Morgan fingerprint density at radius 3 is 2.18 bits per heavy atom. The number of hydrogen-bond donors (Lipinski definition) is 0. The Bertz CT molecular complexity index is 2690. The Morgan fingerprint density at radius 1 is 0.709 bits per heavy atom. The van der Waals surface area contributed by atoms with Crippen molar-refractivity contribution in [2.75, 3.05) is 0 Å². The van der Waals surface area contributed by atoms with Crippen molar-refractivity contribution in [2.24, 2.45) is 11.8 Å². The molecule has 3 aromatic heterocycles. The minimum Gasteiger partial charge on any atom is -0.509 e. The van der Waals surface area contributed by atoms with Crippen molar-refractivity contribution in [1.82, 2.24) is 19.3 Å². The molecule has 1 aliphatic rings. The molecule has 0 N–H and O–H groups in total. The van der Waals surface area contributed by atoms with Gasteiger partial charge in [-0.3, -0.25) is 4.68 Å². The van der Waals surface area contributed by atoms with Crippen LogP contribution < -0.4 is 4.74 Å². The zero-order valence-electron chi connectivity index (χ0n) is 31.7. The number of allylic oxidation sites excluding steroid dienone is 2. The average molecular weight is 898 g/mol. The predicted octanol–water partition coefficient (Wildman–Crippen LogP) is 12.4. The van der Waals surface area contributed by atoms with Gasteiger partial charge < -0.3 is 9.30 Å². The Labute approximate surface area is 337 Å². The second-order valence-electron chi connectivity index (χ2n) is 15.0. The molecule has 0 amide bonds. The first-order chi connectivity index (χ1) is 26.3. The van der Waals surface area contributed by atoms with Crippen molar-refractivity contribution in [1.29, 1.82) is 0 Å². The number of rotatable bonds is 7.